The number of esters is 1. The highest BCUT2D eigenvalue weighted by molar-refractivity contribution is 5.95. The number of nitrogens with one attached hydrogen (secondary N) is 1. The molecule has 0 aliphatic carbocycles. The average Bonchev–Trinajstić information content (AvgIpc) is 2.29. The van der Waals surface area contributed by atoms with E-state index in [1.807, 2.05) is 19.2 Å². The minimum atomic E-state index is -0.334. The Morgan fingerprint density at radius 1 is 1.44 bits per heavy atom. The molecule has 98 valence electrons. The van der Waals surface area contributed by atoms with Crippen LogP contribution in [-0.4, -0.2) is 41.8 Å². The van der Waals surface area contributed by atoms with Gasteiger partial charge in [0.1, 0.15) is 6.61 Å². The van der Waals surface area contributed by atoms with Crippen LogP contribution in [0.15, 0.2) is 24.5 Å². The summed E-state index contributed by atoms with van der Waals surface area (Å²) in [7, 11) is 1.97. The monoisotopic (exact) mass is 249 g/mol. The normalized spacial score (nSPS) is 10.4. The second-order valence-electron chi connectivity index (χ2n) is 4.27. The number of carbonyl (C=O) groups is 1. The molecule has 0 amide bonds. The molecular formula is C13H19N3O2. The van der Waals surface area contributed by atoms with E-state index < -0.39 is 0 Å². The SMILES string of the molecule is CC(=N)CC(=O)OCCN(C)Cc1ccncc1. The number of hydrogen-bond acceptors (Lipinski definition) is 5. The van der Waals surface area contributed by atoms with Crippen LogP contribution in [0.4, 0.5) is 0 Å². The van der Waals surface area contributed by atoms with E-state index in [2.05, 4.69) is 9.88 Å². The number of aromatic nitrogens is 1. The number of rotatable bonds is 7. The fourth-order valence-electron chi connectivity index (χ4n) is 1.46. The van der Waals surface area contributed by atoms with Crippen molar-refractivity contribution < 1.29 is 9.53 Å². The van der Waals surface area contributed by atoms with Crippen LogP contribution >= 0.6 is 0 Å². The molecule has 0 fully saturated rings. The number of ether oxygens (including phenoxy) is 1. The highest BCUT2D eigenvalue weighted by Crippen LogP contribution is 2.00. The lowest BCUT2D eigenvalue weighted by atomic mass is 10.2. The summed E-state index contributed by atoms with van der Waals surface area (Å²) in [6, 6.07) is 3.92. The van der Waals surface area contributed by atoms with Gasteiger partial charge in [-0.25, -0.2) is 0 Å². The Kier molecular flexibility index (Phi) is 6.00. The first-order valence-electron chi connectivity index (χ1n) is 5.85. The third-order valence-electron chi connectivity index (χ3n) is 2.35. The maximum atomic E-state index is 11.2. The molecule has 1 heterocycles. The Balaban J connectivity index is 2.19. The molecule has 0 aliphatic rings. The van der Waals surface area contributed by atoms with E-state index in [1.54, 1.807) is 19.3 Å². The van der Waals surface area contributed by atoms with Crippen molar-refractivity contribution in [1.82, 2.24) is 9.88 Å². The minimum Gasteiger partial charge on any atom is -0.464 e. The molecule has 0 spiro atoms. The number of likely N-dealkylation sites (N-methyl/N-ethyl adjacent to an activating group) is 1. The molecule has 0 aliphatic heterocycles. The van der Waals surface area contributed by atoms with Crippen LogP contribution in [0.2, 0.25) is 0 Å². The van der Waals surface area contributed by atoms with Gasteiger partial charge in [-0.15, -0.1) is 0 Å². The van der Waals surface area contributed by atoms with Crippen molar-refractivity contribution in [3.05, 3.63) is 30.1 Å². The van der Waals surface area contributed by atoms with Gasteiger partial charge in [0, 0.05) is 31.2 Å². The molecule has 0 aromatic carbocycles. The van der Waals surface area contributed by atoms with Gasteiger partial charge in [-0.2, -0.15) is 0 Å². The van der Waals surface area contributed by atoms with E-state index in [9.17, 15) is 4.79 Å². The minimum absolute atomic E-state index is 0.0774. The molecule has 1 aromatic heterocycles. The van der Waals surface area contributed by atoms with Crippen LogP contribution in [0, 0.1) is 5.41 Å². The van der Waals surface area contributed by atoms with Gasteiger partial charge < -0.3 is 10.1 Å². The van der Waals surface area contributed by atoms with Gasteiger partial charge in [0.2, 0.25) is 0 Å². The Hall–Kier alpha value is -1.75. The van der Waals surface area contributed by atoms with Crippen LogP contribution in [0.5, 0.6) is 0 Å². The van der Waals surface area contributed by atoms with E-state index >= 15 is 0 Å². The largest absolute Gasteiger partial charge is 0.464 e. The number of nitrogens with zero attached hydrogens (tertiary/aromatic N) is 2. The Morgan fingerprint density at radius 2 is 2.11 bits per heavy atom. The summed E-state index contributed by atoms with van der Waals surface area (Å²) in [5.41, 5.74) is 1.50. The Bertz CT molecular complexity index is 392. The molecule has 0 saturated carbocycles. The van der Waals surface area contributed by atoms with Crippen molar-refractivity contribution in [3.8, 4) is 0 Å². The first kappa shape index (κ1) is 14.3. The first-order chi connectivity index (χ1) is 8.58. The number of carbonyl (C=O) groups excluding carboxylic acids is 1. The van der Waals surface area contributed by atoms with E-state index in [4.69, 9.17) is 10.1 Å². The van der Waals surface area contributed by atoms with Crippen LogP contribution in [-0.2, 0) is 16.1 Å². The van der Waals surface area contributed by atoms with Gasteiger partial charge in [-0.3, -0.25) is 14.7 Å². The average molecular weight is 249 g/mol. The van der Waals surface area contributed by atoms with Gasteiger partial charge in [0.25, 0.3) is 0 Å². The summed E-state index contributed by atoms with van der Waals surface area (Å²) in [6.07, 6.45) is 3.60. The van der Waals surface area contributed by atoms with Gasteiger partial charge in [0.15, 0.2) is 0 Å². The lowest BCUT2D eigenvalue weighted by Crippen LogP contribution is -2.24. The zero-order valence-corrected chi connectivity index (χ0v) is 10.8. The molecule has 0 bridgehead atoms. The maximum absolute atomic E-state index is 11.2. The van der Waals surface area contributed by atoms with E-state index in [1.165, 1.54) is 5.56 Å². The Labute approximate surface area is 107 Å². The predicted molar refractivity (Wildman–Crippen MR) is 69.5 cm³/mol. The molecule has 1 rings (SSSR count). The molecular weight excluding hydrogens is 230 g/mol. The second kappa shape index (κ2) is 7.55. The fraction of sp³-hybridized carbons (Fsp3) is 0.462. The van der Waals surface area contributed by atoms with Crippen LogP contribution in [0.1, 0.15) is 18.9 Å². The molecule has 0 radical (unpaired) electrons. The third-order valence-corrected chi connectivity index (χ3v) is 2.35. The van der Waals surface area contributed by atoms with Gasteiger partial charge >= 0.3 is 5.97 Å². The zero-order chi connectivity index (χ0) is 13.4. The van der Waals surface area contributed by atoms with Gasteiger partial charge in [-0.05, 0) is 31.7 Å². The van der Waals surface area contributed by atoms with Crippen LogP contribution in [0.25, 0.3) is 0 Å². The van der Waals surface area contributed by atoms with Crippen molar-refractivity contribution in [2.75, 3.05) is 20.2 Å². The topological polar surface area (TPSA) is 66.3 Å². The van der Waals surface area contributed by atoms with Crippen LogP contribution < -0.4 is 0 Å². The lowest BCUT2D eigenvalue weighted by Gasteiger charge is -2.16. The zero-order valence-electron chi connectivity index (χ0n) is 10.8. The Morgan fingerprint density at radius 3 is 2.72 bits per heavy atom. The van der Waals surface area contributed by atoms with E-state index in [-0.39, 0.29) is 12.4 Å². The molecule has 0 atom stereocenters. The third kappa shape index (κ3) is 6.10. The van der Waals surface area contributed by atoms with Gasteiger partial charge in [0.05, 0.1) is 6.42 Å². The summed E-state index contributed by atoms with van der Waals surface area (Å²) < 4.78 is 5.03. The molecule has 1 N–H and O–H groups in total. The van der Waals surface area contributed by atoms with Gasteiger partial charge in [-0.1, -0.05) is 0 Å². The molecule has 18 heavy (non-hydrogen) atoms. The molecule has 0 saturated heterocycles. The predicted octanol–water partition coefficient (Wildman–Crippen LogP) is 1.49. The van der Waals surface area contributed by atoms with Crippen LogP contribution in [0.3, 0.4) is 0 Å². The number of pyridine rings is 1. The highest BCUT2D eigenvalue weighted by atomic mass is 16.5. The summed E-state index contributed by atoms with van der Waals surface area (Å²) in [5.74, 6) is -0.334. The van der Waals surface area contributed by atoms with Crippen molar-refractivity contribution >= 4 is 11.7 Å². The lowest BCUT2D eigenvalue weighted by molar-refractivity contribution is -0.142. The van der Waals surface area contributed by atoms with Crippen molar-refractivity contribution in [3.63, 3.8) is 0 Å². The quantitative estimate of drug-likeness (QED) is 0.587. The number of hydrogen-bond donors (Lipinski definition) is 1. The van der Waals surface area contributed by atoms with Crippen molar-refractivity contribution in [2.24, 2.45) is 0 Å². The smallest absolute Gasteiger partial charge is 0.311 e. The van der Waals surface area contributed by atoms with Crippen molar-refractivity contribution in [2.45, 2.75) is 19.9 Å². The second-order valence-corrected chi connectivity index (χ2v) is 4.27. The molecule has 1 aromatic rings. The first-order valence-corrected chi connectivity index (χ1v) is 5.85. The standard InChI is InChI=1S/C13H19N3O2/c1-11(14)9-13(17)18-8-7-16(2)10-12-3-5-15-6-4-12/h3-6,14H,7-10H2,1-2H3. The molecule has 5 nitrogen and oxygen atoms in total. The summed E-state index contributed by atoms with van der Waals surface area (Å²) >= 11 is 0. The van der Waals surface area contributed by atoms with E-state index in [0.29, 0.717) is 18.9 Å². The molecule has 0 unspecified atom stereocenters. The summed E-state index contributed by atoms with van der Waals surface area (Å²) in [4.78, 5) is 17.2. The highest BCUT2D eigenvalue weighted by Gasteiger charge is 2.05. The summed E-state index contributed by atoms with van der Waals surface area (Å²) in [6.45, 7) is 3.42. The molecule has 5 heteroatoms. The van der Waals surface area contributed by atoms with Crippen molar-refractivity contribution in [1.29, 1.82) is 5.41 Å². The maximum Gasteiger partial charge on any atom is 0.311 e. The van der Waals surface area contributed by atoms with E-state index in [0.717, 1.165) is 6.54 Å². The fourth-order valence-corrected chi connectivity index (χ4v) is 1.46. The summed E-state index contributed by atoms with van der Waals surface area (Å²) in [5, 5.41) is 7.18.